The van der Waals surface area contributed by atoms with E-state index < -0.39 is 6.15 Å². The van der Waals surface area contributed by atoms with Crippen molar-refractivity contribution in [1.82, 2.24) is 4.90 Å². The van der Waals surface area contributed by atoms with Gasteiger partial charge in [-0.1, -0.05) is 170 Å². The second-order valence-corrected chi connectivity index (χ2v) is 14.3. The van der Waals surface area contributed by atoms with Gasteiger partial charge in [-0.3, -0.25) is 9.48 Å². The van der Waals surface area contributed by atoms with Crippen molar-refractivity contribution in [3.63, 3.8) is 0 Å². The van der Waals surface area contributed by atoms with Crippen LogP contribution in [0.3, 0.4) is 0 Å². The summed E-state index contributed by atoms with van der Waals surface area (Å²) in [5.74, 6) is 1.60. The summed E-state index contributed by atoms with van der Waals surface area (Å²) in [6.07, 6.45) is 5.40. The maximum Gasteiger partial charge on any atom is 0.247 e. The fourth-order valence-corrected chi connectivity index (χ4v) is 8.99. The maximum absolute atomic E-state index is 2.68. The monoisotopic (exact) mass is 662 g/mol. The molecule has 0 saturated heterocycles. The number of rotatable bonds is 6. The number of hydrogen-bond acceptors (Lipinski definition) is 1. The first-order valence-corrected chi connectivity index (χ1v) is 18.9. The van der Waals surface area contributed by atoms with Crippen molar-refractivity contribution in [1.29, 1.82) is 0 Å². The van der Waals surface area contributed by atoms with Crippen LogP contribution in [-0.4, -0.2) is 41.1 Å². The second-order valence-electron chi connectivity index (χ2n) is 14.3. The highest BCUT2D eigenvalue weighted by Crippen LogP contribution is 2.30. The van der Waals surface area contributed by atoms with Gasteiger partial charge in [0.2, 0.25) is 5.84 Å². The molecule has 0 bridgehead atoms. The van der Waals surface area contributed by atoms with Crippen molar-refractivity contribution in [3.8, 4) is 0 Å². The number of fused-ring (bicyclic) bond motifs is 2. The van der Waals surface area contributed by atoms with Crippen LogP contribution in [0.1, 0.15) is 37.7 Å². The number of amidine groups is 1. The molecule has 3 heteroatoms. The van der Waals surface area contributed by atoms with E-state index in [0.717, 1.165) is 6.54 Å². The highest BCUT2D eigenvalue weighted by atomic mass is 15.3. The molecule has 0 unspecified atom stereocenters. The van der Waals surface area contributed by atoms with Crippen LogP contribution in [-0.2, 0) is 6.54 Å². The molecule has 0 spiro atoms. The summed E-state index contributed by atoms with van der Waals surface area (Å²) in [6.45, 7) is 4.74. The third-order valence-corrected chi connectivity index (χ3v) is 11.3. The first-order valence-electron chi connectivity index (χ1n) is 18.9. The SMILES string of the molecule is c1ccc([B-](c2ccccc2)(c2ccccc2)c2ccccc2)cc1.c1ccc2c(CN3CCC[N+]4=C3CCCCC4)c3ccccc3cc2c1. The van der Waals surface area contributed by atoms with Gasteiger partial charge in [-0.25, -0.2) is 0 Å². The lowest BCUT2D eigenvalue weighted by molar-refractivity contribution is -0.539. The van der Waals surface area contributed by atoms with Crippen LogP contribution in [0.5, 0.6) is 0 Å². The number of hydrogen-bond donors (Lipinski definition) is 0. The number of nitrogens with zero attached hydrogens (tertiary/aromatic N) is 2. The van der Waals surface area contributed by atoms with E-state index in [1.165, 1.54) is 101 Å². The second kappa shape index (κ2) is 15.2. The van der Waals surface area contributed by atoms with Gasteiger partial charge < -0.3 is 0 Å². The Morgan fingerprint density at radius 3 is 1.37 bits per heavy atom. The van der Waals surface area contributed by atoms with Crippen LogP contribution in [0.2, 0.25) is 0 Å². The standard InChI is InChI=1S/C24H20B.C24H27N2/c1-5-13-21(14-6-1)25(22-15-7-2-8-16-22,23-17-9-3-10-18-23)24-19-11-4-12-20-24;1-2-13-24-25(14-7-1)15-8-16-26(24)18-23-21-11-5-3-9-19(21)17-20-10-4-6-12-22(20)23/h1-20H;3-6,9-12,17H,1-2,7-8,13-16,18H2/q-1;+1. The van der Waals surface area contributed by atoms with Gasteiger partial charge in [0, 0.05) is 18.4 Å². The lowest BCUT2D eigenvalue weighted by atomic mass is 9.13. The summed E-state index contributed by atoms with van der Waals surface area (Å²) >= 11 is 0. The topological polar surface area (TPSA) is 6.25 Å². The van der Waals surface area contributed by atoms with Gasteiger partial charge in [-0.2, -0.15) is 21.9 Å². The van der Waals surface area contributed by atoms with Crippen LogP contribution in [0.25, 0.3) is 21.5 Å². The molecular weight excluding hydrogens is 615 g/mol. The van der Waals surface area contributed by atoms with Crippen LogP contribution in [0, 0.1) is 0 Å². The zero-order valence-corrected chi connectivity index (χ0v) is 29.6. The van der Waals surface area contributed by atoms with Gasteiger partial charge in [0.05, 0.1) is 19.6 Å². The zero-order chi connectivity index (χ0) is 34.3. The van der Waals surface area contributed by atoms with Gasteiger partial charge in [-0.05, 0) is 46.9 Å². The molecule has 0 saturated carbocycles. The lowest BCUT2D eigenvalue weighted by Gasteiger charge is -2.44. The zero-order valence-electron chi connectivity index (χ0n) is 29.6. The normalized spacial score (nSPS) is 14.8. The van der Waals surface area contributed by atoms with E-state index in [0.29, 0.717) is 0 Å². The Bertz CT molecular complexity index is 2010. The molecule has 2 aliphatic heterocycles. The molecule has 0 atom stereocenters. The molecule has 0 amide bonds. The molecule has 7 aromatic rings. The fourth-order valence-electron chi connectivity index (χ4n) is 8.99. The third kappa shape index (κ3) is 6.62. The first-order chi connectivity index (χ1) is 25.3. The lowest BCUT2D eigenvalue weighted by Crippen LogP contribution is -2.74. The Hall–Kier alpha value is -5.41. The predicted molar refractivity (Wildman–Crippen MR) is 220 cm³/mol. The molecule has 252 valence electrons. The minimum Gasteiger partial charge on any atom is -0.266 e. The average molecular weight is 663 g/mol. The Kier molecular flexibility index (Phi) is 9.79. The van der Waals surface area contributed by atoms with E-state index >= 15 is 0 Å². The Morgan fingerprint density at radius 1 is 0.451 bits per heavy atom. The van der Waals surface area contributed by atoms with Gasteiger partial charge in [0.15, 0.2) is 0 Å². The van der Waals surface area contributed by atoms with Crippen molar-refractivity contribution in [2.24, 2.45) is 0 Å². The highest BCUT2D eigenvalue weighted by molar-refractivity contribution is 7.19. The van der Waals surface area contributed by atoms with Crippen molar-refractivity contribution < 1.29 is 4.58 Å². The third-order valence-electron chi connectivity index (χ3n) is 11.3. The summed E-state index contributed by atoms with van der Waals surface area (Å²) in [6, 6.07) is 63.7. The van der Waals surface area contributed by atoms with E-state index in [4.69, 9.17) is 0 Å². The van der Waals surface area contributed by atoms with E-state index in [9.17, 15) is 0 Å². The Balaban J connectivity index is 0.000000147. The van der Waals surface area contributed by atoms with Crippen molar-refractivity contribution in [2.75, 3.05) is 19.6 Å². The average Bonchev–Trinajstić information content (AvgIpc) is 3.47. The van der Waals surface area contributed by atoms with Gasteiger partial charge in [0.1, 0.15) is 12.7 Å². The largest absolute Gasteiger partial charge is 0.266 e. The highest BCUT2D eigenvalue weighted by Gasteiger charge is 2.31. The minimum atomic E-state index is -1.22. The number of benzene rings is 7. The molecule has 0 aliphatic carbocycles. The molecule has 7 aromatic carbocycles. The smallest absolute Gasteiger partial charge is 0.247 e. The van der Waals surface area contributed by atoms with E-state index in [1.807, 2.05) is 0 Å². The molecule has 9 rings (SSSR count). The van der Waals surface area contributed by atoms with Crippen LogP contribution < -0.4 is 21.9 Å². The van der Waals surface area contributed by atoms with Gasteiger partial charge >= 0.3 is 0 Å². The molecule has 2 nitrogen and oxygen atoms in total. The Morgan fingerprint density at radius 2 is 0.882 bits per heavy atom. The fraction of sp³-hybridized carbons (Fsp3) is 0.188. The van der Waals surface area contributed by atoms with E-state index in [-0.39, 0.29) is 0 Å². The molecule has 2 aliphatic rings. The van der Waals surface area contributed by atoms with Crippen molar-refractivity contribution in [3.05, 3.63) is 181 Å². The van der Waals surface area contributed by atoms with Gasteiger partial charge in [-0.15, -0.1) is 0 Å². The molecule has 0 N–H and O–H groups in total. The van der Waals surface area contributed by atoms with Crippen molar-refractivity contribution >= 4 is 55.4 Å². The molecule has 0 fully saturated rings. The maximum atomic E-state index is 2.68. The predicted octanol–water partition coefficient (Wildman–Crippen LogP) is 8.25. The first kappa shape index (κ1) is 32.8. The van der Waals surface area contributed by atoms with Gasteiger partial charge in [0.25, 0.3) is 0 Å². The summed E-state index contributed by atoms with van der Waals surface area (Å²) in [5.41, 5.74) is 6.85. The quantitative estimate of drug-likeness (QED) is 0.0988. The van der Waals surface area contributed by atoms with E-state index in [1.54, 1.807) is 5.84 Å². The molecule has 2 heterocycles. The summed E-state index contributed by atoms with van der Waals surface area (Å²) in [7, 11) is 0. The van der Waals surface area contributed by atoms with Crippen LogP contribution >= 0.6 is 0 Å². The van der Waals surface area contributed by atoms with Crippen LogP contribution in [0.15, 0.2) is 176 Å². The molecule has 0 radical (unpaired) electrons. The minimum absolute atomic E-state index is 1.04. The van der Waals surface area contributed by atoms with E-state index in [2.05, 4.69) is 185 Å². The molecule has 0 aromatic heterocycles. The summed E-state index contributed by atoms with van der Waals surface area (Å²) < 4.78 is 2.67. The Labute approximate surface area is 303 Å². The van der Waals surface area contributed by atoms with Crippen molar-refractivity contribution in [2.45, 2.75) is 38.6 Å². The molecular formula is C48H47BN2. The van der Waals surface area contributed by atoms with Crippen LogP contribution in [0.4, 0.5) is 0 Å². The molecule has 51 heavy (non-hydrogen) atoms. The summed E-state index contributed by atoms with van der Waals surface area (Å²) in [4.78, 5) is 2.68. The summed E-state index contributed by atoms with van der Waals surface area (Å²) in [5, 5.41) is 5.55.